The van der Waals surface area contributed by atoms with Crippen LogP contribution in [0, 0.1) is 5.92 Å². The number of halogens is 1. The molecule has 26 heavy (non-hydrogen) atoms. The van der Waals surface area contributed by atoms with Crippen molar-refractivity contribution in [2.75, 3.05) is 19.7 Å². The molecule has 1 aromatic heterocycles. The molecule has 1 amide bonds. The van der Waals surface area contributed by atoms with Gasteiger partial charge in [0.25, 0.3) is 0 Å². The number of thiazole rings is 1. The molecule has 1 aliphatic rings. The van der Waals surface area contributed by atoms with Gasteiger partial charge in [-0.1, -0.05) is 29.8 Å². The van der Waals surface area contributed by atoms with Gasteiger partial charge >= 0.3 is 5.97 Å². The van der Waals surface area contributed by atoms with Crippen LogP contribution in [-0.2, 0) is 20.7 Å². The number of piperidine rings is 1. The standard InChI is InChI=1S/C19H21ClN2O3S/c1-2-25-19(24)13-6-5-9-22(11-13)17(23)10-14-12-26-18(21-14)15-7-3-4-8-16(15)20/h3-4,7-8,12-13H,2,5-6,9-11H2,1H3. The Morgan fingerprint density at radius 3 is 2.96 bits per heavy atom. The van der Waals surface area contributed by atoms with Gasteiger partial charge in [0.1, 0.15) is 5.01 Å². The van der Waals surface area contributed by atoms with Crippen molar-refractivity contribution in [3.8, 4) is 10.6 Å². The Kier molecular flexibility index (Phi) is 6.27. The molecule has 1 aliphatic heterocycles. The highest BCUT2D eigenvalue weighted by atomic mass is 35.5. The predicted molar refractivity (Wildman–Crippen MR) is 102 cm³/mol. The summed E-state index contributed by atoms with van der Waals surface area (Å²) in [5.74, 6) is -0.434. The quantitative estimate of drug-likeness (QED) is 0.726. The number of rotatable bonds is 5. The minimum atomic E-state index is -0.221. The fourth-order valence-corrected chi connectivity index (χ4v) is 4.21. The highest BCUT2D eigenvalue weighted by molar-refractivity contribution is 7.13. The third-order valence-electron chi connectivity index (χ3n) is 4.38. The van der Waals surface area contributed by atoms with Crippen LogP contribution in [0.1, 0.15) is 25.5 Å². The Labute approximate surface area is 161 Å². The molecule has 138 valence electrons. The molecule has 1 saturated heterocycles. The van der Waals surface area contributed by atoms with E-state index in [-0.39, 0.29) is 24.2 Å². The van der Waals surface area contributed by atoms with E-state index in [1.807, 2.05) is 29.6 Å². The first-order valence-electron chi connectivity index (χ1n) is 8.72. The molecular weight excluding hydrogens is 372 g/mol. The Morgan fingerprint density at radius 2 is 2.19 bits per heavy atom. The van der Waals surface area contributed by atoms with Crippen molar-refractivity contribution in [1.82, 2.24) is 9.88 Å². The smallest absolute Gasteiger partial charge is 0.310 e. The average Bonchev–Trinajstić information content (AvgIpc) is 3.10. The Balaban J connectivity index is 1.63. The second-order valence-corrected chi connectivity index (χ2v) is 7.50. The van der Waals surface area contributed by atoms with Crippen LogP contribution in [-0.4, -0.2) is 41.5 Å². The van der Waals surface area contributed by atoms with Crippen LogP contribution in [0.2, 0.25) is 5.02 Å². The minimum Gasteiger partial charge on any atom is -0.466 e. The Hall–Kier alpha value is -1.92. The molecule has 2 aromatic rings. The summed E-state index contributed by atoms with van der Waals surface area (Å²) in [7, 11) is 0. The van der Waals surface area contributed by atoms with E-state index in [0.29, 0.717) is 24.7 Å². The third kappa shape index (κ3) is 4.43. The van der Waals surface area contributed by atoms with Gasteiger partial charge in [0.2, 0.25) is 5.91 Å². The fourth-order valence-electron chi connectivity index (χ4n) is 3.07. The van der Waals surface area contributed by atoms with Crippen molar-refractivity contribution in [3.05, 3.63) is 40.4 Å². The summed E-state index contributed by atoms with van der Waals surface area (Å²) in [6.07, 6.45) is 1.82. The summed E-state index contributed by atoms with van der Waals surface area (Å²) in [4.78, 5) is 30.9. The van der Waals surface area contributed by atoms with E-state index in [0.717, 1.165) is 29.1 Å². The summed E-state index contributed by atoms with van der Waals surface area (Å²) in [6, 6.07) is 7.53. The number of benzene rings is 1. The number of carbonyl (C=O) groups excluding carboxylic acids is 2. The molecule has 0 bridgehead atoms. The number of aromatic nitrogens is 1. The molecule has 3 rings (SSSR count). The molecule has 0 saturated carbocycles. The highest BCUT2D eigenvalue weighted by Gasteiger charge is 2.29. The SMILES string of the molecule is CCOC(=O)C1CCCN(C(=O)Cc2csc(-c3ccccc3Cl)n2)C1. The predicted octanol–water partition coefficient (Wildman–Crippen LogP) is 3.81. The Bertz CT molecular complexity index is 793. The van der Waals surface area contributed by atoms with E-state index >= 15 is 0 Å². The first kappa shape index (κ1) is 18.9. The summed E-state index contributed by atoms with van der Waals surface area (Å²) < 4.78 is 5.09. The summed E-state index contributed by atoms with van der Waals surface area (Å²) in [6.45, 7) is 3.27. The number of amides is 1. The van der Waals surface area contributed by atoms with Crippen LogP contribution in [0.3, 0.4) is 0 Å². The summed E-state index contributed by atoms with van der Waals surface area (Å²) in [5.41, 5.74) is 1.60. The Morgan fingerprint density at radius 1 is 1.38 bits per heavy atom. The lowest BCUT2D eigenvalue weighted by Crippen LogP contribution is -2.43. The maximum absolute atomic E-state index is 12.6. The van der Waals surface area contributed by atoms with E-state index in [2.05, 4.69) is 4.98 Å². The maximum Gasteiger partial charge on any atom is 0.310 e. The van der Waals surface area contributed by atoms with Crippen molar-refractivity contribution in [2.24, 2.45) is 5.92 Å². The van der Waals surface area contributed by atoms with Gasteiger partial charge in [0, 0.05) is 24.0 Å². The number of ether oxygens (including phenoxy) is 1. The first-order valence-corrected chi connectivity index (χ1v) is 9.98. The summed E-state index contributed by atoms with van der Waals surface area (Å²) >= 11 is 7.69. The lowest BCUT2D eigenvalue weighted by molar-refractivity contribution is -0.151. The largest absolute Gasteiger partial charge is 0.466 e. The number of nitrogens with zero attached hydrogens (tertiary/aromatic N) is 2. The molecule has 0 radical (unpaired) electrons. The molecule has 1 atom stereocenters. The second-order valence-electron chi connectivity index (χ2n) is 6.23. The van der Waals surface area contributed by atoms with Crippen molar-refractivity contribution < 1.29 is 14.3 Å². The van der Waals surface area contributed by atoms with E-state index in [1.54, 1.807) is 11.8 Å². The molecule has 7 heteroatoms. The lowest BCUT2D eigenvalue weighted by Gasteiger charge is -2.31. The van der Waals surface area contributed by atoms with Gasteiger partial charge < -0.3 is 9.64 Å². The number of hydrogen-bond acceptors (Lipinski definition) is 5. The average molecular weight is 393 g/mol. The van der Waals surface area contributed by atoms with Crippen molar-refractivity contribution in [3.63, 3.8) is 0 Å². The van der Waals surface area contributed by atoms with Crippen LogP contribution in [0.4, 0.5) is 0 Å². The topological polar surface area (TPSA) is 59.5 Å². The van der Waals surface area contributed by atoms with Crippen molar-refractivity contribution in [1.29, 1.82) is 0 Å². The molecule has 0 N–H and O–H groups in total. The second kappa shape index (κ2) is 8.64. The zero-order valence-corrected chi connectivity index (χ0v) is 16.2. The fraction of sp³-hybridized carbons (Fsp3) is 0.421. The minimum absolute atomic E-state index is 0.00462. The van der Waals surface area contributed by atoms with Crippen LogP contribution in [0.25, 0.3) is 10.6 Å². The molecule has 0 aliphatic carbocycles. The molecule has 5 nitrogen and oxygen atoms in total. The van der Waals surface area contributed by atoms with Crippen LogP contribution in [0.5, 0.6) is 0 Å². The summed E-state index contributed by atoms with van der Waals surface area (Å²) in [5, 5.41) is 3.35. The monoisotopic (exact) mass is 392 g/mol. The van der Waals surface area contributed by atoms with Gasteiger partial charge in [0.05, 0.1) is 29.7 Å². The van der Waals surface area contributed by atoms with Gasteiger partial charge in [-0.3, -0.25) is 9.59 Å². The van der Waals surface area contributed by atoms with Gasteiger partial charge in [-0.05, 0) is 25.8 Å². The van der Waals surface area contributed by atoms with Crippen LogP contribution >= 0.6 is 22.9 Å². The third-order valence-corrected chi connectivity index (χ3v) is 5.64. The molecule has 2 heterocycles. The molecule has 0 spiro atoms. The first-order chi connectivity index (χ1) is 12.6. The normalized spacial score (nSPS) is 17.2. The molecule has 1 unspecified atom stereocenters. The highest BCUT2D eigenvalue weighted by Crippen LogP contribution is 2.30. The number of likely N-dealkylation sites (tertiary alicyclic amines) is 1. The van der Waals surface area contributed by atoms with Gasteiger partial charge in [-0.25, -0.2) is 4.98 Å². The van der Waals surface area contributed by atoms with Crippen LogP contribution < -0.4 is 0 Å². The van der Waals surface area contributed by atoms with Crippen molar-refractivity contribution in [2.45, 2.75) is 26.2 Å². The zero-order valence-electron chi connectivity index (χ0n) is 14.6. The van der Waals surface area contributed by atoms with Crippen molar-refractivity contribution >= 4 is 34.8 Å². The zero-order chi connectivity index (χ0) is 18.5. The van der Waals surface area contributed by atoms with E-state index in [1.165, 1.54) is 11.3 Å². The van der Waals surface area contributed by atoms with Gasteiger partial charge in [0.15, 0.2) is 0 Å². The van der Waals surface area contributed by atoms with Crippen LogP contribution in [0.15, 0.2) is 29.6 Å². The molecule has 1 aromatic carbocycles. The van der Waals surface area contributed by atoms with E-state index in [4.69, 9.17) is 16.3 Å². The number of esters is 1. The van der Waals surface area contributed by atoms with E-state index in [9.17, 15) is 9.59 Å². The number of hydrogen-bond donors (Lipinski definition) is 0. The van der Waals surface area contributed by atoms with Gasteiger partial charge in [-0.15, -0.1) is 11.3 Å². The maximum atomic E-state index is 12.6. The molecule has 1 fully saturated rings. The number of carbonyl (C=O) groups is 2. The lowest BCUT2D eigenvalue weighted by atomic mass is 9.98. The van der Waals surface area contributed by atoms with E-state index < -0.39 is 0 Å². The van der Waals surface area contributed by atoms with Gasteiger partial charge in [-0.2, -0.15) is 0 Å². The molecular formula is C19H21ClN2O3S.